The van der Waals surface area contributed by atoms with E-state index >= 15 is 0 Å². The fourth-order valence-corrected chi connectivity index (χ4v) is 4.79. The quantitative estimate of drug-likeness (QED) is 0.795. The number of ether oxygens (including phenoxy) is 1. The van der Waals surface area contributed by atoms with Crippen molar-refractivity contribution in [1.82, 2.24) is 4.31 Å². The molecule has 2 aromatic rings. The molecule has 2 aromatic carbocycles. The number of rotatable bonds is 6. The van der Waals surface area contributed by atoms with Crippen molar-refractivity contribution in [3.8, 4) is 5.75 Å². The maximum Gasteiger partial charge on any atom is 0.255 e. The van der Waals surface area contributed by atoms with Crippen LogP contribution in [0.15, 0.2) is 47.4 Å². The van der Waals surface area contributed by atoms with Gasteiger partial charge in [-0.3, -0.25) is 4.79 Å². The van der Waals surface area contributed by atoms with Gasteiger partial charge < -0.3 is 10.1 Å². The highest BCUT2D eigenvalue weighted by atomic mass is 32.2. The molecule has 1 fully saturated rings. The van der Waals surface area contributed by atoms with Crippen LogP contribution in [0.2, 0.25) is 0 Å². The Kier molecular flexibility index (Phi) is 6.31. The number of amides is 1. The summed E-state index contributed by atoms with van der Waals surface area (Å²) in [7, 11) is -3.74. The van der Waals surface area contributed by atoms with Gasteiger partial charge in [0.2, 0.25) is 10.0 Å². The number of halogens is 1. The molecule has 1 aliphatic heterocycles. The molecule has 1 N–H and O–H groups in total. The van der Waals surface area contributed by atoms with Crippen molar-refractivity contribution in [2.75, 3.05) is 25.0 Å². The van der Waals surface area contributed by atoms with E-state index in [1.165, 1.54) is 34.6 Å². The van der Waals surface area contributed by atoms with Crippen LogP contribution < -0.4 is 10.1 Å². The summed E-state index contributed by atoms with van der Waals surface area (Å²) in [6, 6.07) is 9.66. The number of anilines is 1. The number of carbonyl (C=O) groups excluding carboxylic acids is 1. The van der Waals surface area contributed by atoms with Crippen molar-refractivity contribution in [3.63, 3.8) is 0 Å². The SMILES string of the molecule is CCOc1ccc(NC(=O)c2ccc(F)cc2)cc1S(=O)(=O)N1CCCCC1. The van der Waals surface area contributed by atoms with Gasteiger partial charge in [-0.25, -0.2) is 12.8 Å². The summed E-state index contributed by atoms with van der Waals surface area (Å²) in [4.78, 5) is 12.4. The van der Waals surface area contributed by atoms with Crippen LogP contribution in [0, 0.1) is 5.82 Å². The Bertz CT molecular complexity index is 939. The monoisotopic (exact) mass is 406 g/mol. The molecule has 3 rings (SSSR count). The Morgan fingerprint density at radius 3 is 2.43 bits per heavy atom. The highest BCUT2D eigenvalue weighted by Crippen LogP contribution is 2.31. The summed E-state index contributed by atoms with van der Waals surface area (Å²) >= 11 is 0. The Balaban J connectivity index is 1.90. The zero-order valence-electron chi connectivity index (χ0n) is 15.7. The minimum absolute atomic E-state index is 0.0353. The maximum atomic E-state index is 13.1. The largest absolute Gasteiger partial charge is 0.492 e. The summed E-state index contributed by atoms with van der Waals surface area (Å²) in [5.74, 6) is -0.633. The predicted molar refractivity (Wildman–Crippen MR) is 105 cm³/mol. The van der Waals surface area contributed by atoms with Gasteiger partial charge in [0.1, 0.15) is 16.5 Å². The van der Waals surface area contributed by atoms with Crippen molar-refractivity contribution < 1.29 is 22.3 Å². The zero-order chi connectivity index (χ0) is 20.1. The predicted octanol–water partition coefficient (Wildman–Crippen LogP) is 3.65. The average molecular weight is 406 g/mol. The van der Waals surface area contributed by atoms with Crippen LogP contribution in [0.5, 0.6) is 5.75 Å². The van der Waals surface area contributed by atoms with Crippen LogP contribution >= 0.6 is 0 Å². The van der Waals surface area contributed by atoms with Crippen LogP contribution in [0.1, 0.15) is 36.5 Å². The zero-order valence-corrected chi connectivity index (χ0v) is 16.5. The molecule has 1 heterocycles. The van der Waals surface area contributed by atoms with Crippen molar-refractivity contribution in [1.29, 1.82) is 0 Å². The Morgan fingerprint density at radius 2 is 1.79 bits per heavy atom. The molecular formula is C20H23FN2O4S. The molecular weight excluding hydrogens is 383 g/mol. The number of sulfonamides is 1. The molecule has 0 unspecified atom stereocenters. The standard InChI is InChI=1S/C20H23FN2O4S/c1-2-27-18-11-10-17(22-20(24)15-6-8-16(21)9-7-15)14-19(18)28(25,26)23-12-4-3-5-13-23/h6-11,14H,2-5,12-13H2,1H3,(H,22,24). The van der Waals surface area contributed by atoms with E-state index in [9.17, 15) is 17.6 Å². The molecule has 1 aliphatic rings. The lowest BCUT2D eigenvalue weighted by atomic mass is 10.2. The lowest BCUT2D eigenvalue weighted by Gasteiger charge is -2.27. The number of nitrogens with zero attached hydrogens (tertiary/aromatic N) is 1. The number of benzene rings is 2. The molecule has 0 aliphatic carbocycles. The lowest BCUT2D eigenvalue weighted by molar-refractivity contribution is 0.102. The minimum Gasteiger partial charge on any atom is -0.492 e. The second kappa shape index (κ2) is 8.70. The Morgan fingerprint density at radius 1 is 1.11 bits per heavy atom. The van der Waals surface area contributed by atoms with Crippen LogP contribution in [-0.2, 0) is 10.0 Å². The van der Waals surface area contributed by atoms with E-state index in [1.807, 2.05) is 0 Å². The second-order valence-electron chi connectivity index (χ2n) is 6.52. The summed E-state index contributed by atoms with van der Waals surface area (Å²) in [6.45, 7) is 3.05. The Hall–Kier alpha value is -2.45. The van der Waals surface area contributed by atoms with E-state index in [2.05, 4.69) is 5.32 Å². The van der Waals surface area contributed by atoms with Crippen molar-refractivity contribution >= 4 is 21.6 Å². The van der Waals surface area contributed by atoms with E-state index < -0.39 is 21.7 Å². The molecule has 0 bridgehead atoms. The summed E-state index contributed by atoms with van der Waals surface area (Å²) in [5, 5.41) is 2.66. The molecule has 6 nitrogen and oxygen atoms in total. The van der Waals surface area contributed by atoms with Gasteiger partial charge in [0, 0.05) is 24.3 Å². The Labute approximate surface area is 164 Å². The van der Waals surface area contributed by atoms with Gasteiger partial charge in [-0.05, 0) is 62.2 Å². The minimum atomic E-state index is -3.74. The van der Waals surface area contributed by atoms with Gasteiger partial charge in [-0.15, -0.1) is 0 Å². The average Bonchev–Trinajstić information content (AvgIpc) is 2.70. The van der Waals surface area contributed by atoms with Gasteiger partial charge in [0.05, 0.1) is 6.61 Å². The number of hydrogen-bond donors (Lipinski definition) is 1. The van der Waals surface area contributed by atoms with Crippen molar-refractivity contribution in [2.45, 2.75) is 31.1 Å². The van der Waals surface area contributed by atoms with Gasteiger partial charge >= 0.3 is 0 Å². The van der Waals surface area contributed by atoms with Crippen molar-refractivity contribution in [3.05, 3.63) is 53.8 Å². The van der Waals surface area contributed by atoms with Crippen LogP contribution in [0.3, 0.4) is 0 Å². The molecule has 1 amide bonds. The number of hydrogen-bond acceptors (Lipinski definition) is 4. The van der Waals surface area contributed by atoms with E-state index in [0.29, 0.717) is 25.4 Å². The highest BCUT2D eigenvalue weighted by molar-refractivity contribution is 7.89. The molecule has 0 saturated carbocycles. The normalized spacial score (nSPS) is 15.2. The molecule has 0 atom stereocenters. The summed E-state index contributed by atoms with van der Waals surface area (Å²) in [6.07, 6.45) is 2.66. The molecule has 8 heteroatoms. The van der Waals surface area contributed by atoms with E-state index in [1.54, 1.807) is 19.1 Å². The lowest BCUT2D eigenvalue weighted by Crippen LogP contribution is -2.35. The maximum absolute atomic E-state index is 13.1. The number of piperidine rings is 1. The van der Waals surface area contributed by atoms with Gasteiger partial charge in [-0.1, -0.05) is 6.42 Å². The molecule has 28 heavy (non-hydrogen) atoms. The first-order chi connectivity index (χ1) is 13.4. The van der Waals surface area contributed by atoms with Crippen LogP contribution in [0.25, 0.3) is 0 Å². The van der Waals surface area contributed by atoms with Crippen molar-refractivity contribution in [2.24, 2.45) is 0 Å². The molecule has 0 radical (unpaired) electrons. The van der Waals surface area contributed by atoms with E-state index in [-0.39, 0.29) is 16.2 Å². The van der Waals surface area contributed by atoms with Crippen LogP contribution in [-0.4, -0.2) is 38.3 Å². The topological polar surface area (TPSA) is 75.7 Å². The molecule has 0 aromatic heterocycles. The number of carbonyl (C=O) groups is 1. The van der Waals surface area contributed by atoms with Gasteiger partial charge in [0.15, 0.2) is 0 Å². The van der Waals surface area contributed by atoms with E-state index in [4.69, 9.17) is 4.74 Å². The first-order valence-corrected chi connectivity index (χ1v) is 10.7. The third kappa shape index (κ3) is 4.51. The van der Waals surface area contributed by atoms with Gasteiger partial charge in [0.25, 0.3) is 5.91 Å². The van der Waals surface area contributed by atoms with E-state index in [0.717, 1.165) is 19.3 Å². The van der Waals surface area contributed by atoms with Gasteiger partial charge in [-0.2, -0.15) is 4.31 Å². The highest BCUT2D eigenvalue weighted by Gasteiger charge is 2.29. The molecule has 150 valence electrons. The molecule has 1 saturated heterocycles. The first kappa shape index (κ1) is 20.3. The second-order valence-corrected chi connectivity index (χ2v) is 8.43. The first-order valence-electron chi connectivity index (χ1n) is 9.25. The fourth-order valence-electron chi connectivity index (χ4n) is 3.11. The summed E-state index contributed by atoms with van der Waals surface area (Å²) < 4.78 is 46.2. The third-order valence-corrected chi connectivity index (χ3v) is 6.46. The van der Waals surface area contributed by atoms with Crippen LogP contribution in [0.4, 0.5) is 10.1 Å². The third-order valence-electron chi connectivity index (χ3n) is 4.54. The number of nitrogens with one attached hydrogen (secondary N) is 1. The summed E-state index contributed by atoms with van der Waals surface area (Å²) in [5.41, 5.74) is 0.601. The fraction of sp³-hybridized carbons (Fsp3) is 0.350. The molecule has 0 spiro atoms. The smallest absolute Gasteiger partial charge is 0.255 e.